The minimum absolute atomic E-state index is 0.0281. The Kier molecular flexibility index (Phi) is 6.16. The lowest BCUT2D eigenvalue weighted by atomic mass is 9.85. The highest BCUT2D eigenvalue weighted by molar-refractivity contribution is 7.09. The van der Waals surface area contributed by atoms with Gasteiger partial charge in [0.05, 0.1) is 0 Å². The topological polar surface area (TPSA) is 36.4 Å². The van der Waals surface area contributed by atoms with Crippen molar-refractivity contribution in [2.24, 2.45) is 0 Å². The lowest BCUT2D eigenvalue weighted by molar-refractivity contribution is -0.118. The van der Waals surface area contributed by atoms with Crippen LogP contribution in [0.1, 0.15) is 36.0 Å². The molecule has 2 aromatic carbocycles. The van der Waals surface area contributed by atoms with Crippen molar-refractivity contribution in [1.29, 1.82) is 0 Å². The molecule has 0 unspecified atom stereocenters. The molecule has 4 rings (SSSR count). The zero-order chi connectivity index (χ0) is 22.0. The van der Waals surface area contributed by atoms with Gasteiger partial charge in [0.15, 0.2) is 0 Å². The van der Waals surface area contributed by atoms with E-state index >= 15 is 0 Å². The van der Waals surface area contributed by atoms with Crippen LogP contribution in [0.2, 0.25) is 0 Å². The molecule has 1 aliphatic rings. The lowest BCUT2D eigenvalue weighted by Crippen LogP contribution is -2.55. The fourth-order valence-corrected chi connectivity index (χ4v) is 5.50. The van der Waals surface area contributed by atoms with Gasteiger partial charge in [-0.1, -0.05) is 18.2 Å². The average molecular weight is 442 g/mol. The highest BCUT2D eigenvalue weighted by Gasteiger charge is 2.45. The number of carbonyl (C=O) groups is 1. The summed E-state index contributed by atoms with van der Waals surface area (Å²) >= 11 is 1.58. The first-order chi connectivity index (χ1) is 14.9. The van der Waals surface area contributed by atoms with Crippen LogP contribution < -0.4 is 4.90 Å². The van der Waals surface area contributed by atoms with E-state index in [4.69, 9.17) is 4.98 Å². The molecule has 0 bridgehead atoms. The summed E-state index contributed by atoms with van der Waals surface area (Å²) in [6.45, 7) is 5.40. The van der Waals surface area contributed by atoms with Gasteiger partial charge in [-0.3, -0.25) is 14.6 Å². The second kappa shape index (κ2) is 8.85. The second-order valence-electron chi connectivity index (χ2n) is 8.07. The smallest absolute Gasteiger partial charge is 0.224 e. The number of rotatable bonds is 5. The van der Waals surface area contributed by atoms with Crippen LogP contribution in [0.5, 0.6) is 0 Å². The molecule has 1 aromatic heterocycles. The van der Waals surface area contributed by atoms with E-state index in [2.05, 4.69) is 4.90 Å². The number of hydrogen-bond acceptors (Lipinski definition) is 4. The molecule has 0 aliphatic carbocycles. The second-order valence-corrected chi connectivity index (χ2v) is 8.93. The van der Waals surface area contributed by atoms with Crippen LogP contribution in [0.3, 0.4) is 0 Å². The van der Waals surface area contributed by atoms with E-state index in [1.807, 2.05) is 47.5 Å². The van der Waals surface area contributed by atoms with Crippen LogP contribution in [-0.4, -0.2) is 28.9 Å². The van der Waals surface area contributed by atoms with Crippen molar-refractivity contribution in [3.63, 3.8) is 0 Å². The van der Waals surface area contributed by atoms with E-state index in [-0.39, 0.29) is 5.91 Å². The largest absolute Gasteiger partial charge is 0.300 e. The Morgan fingerprint density at radius 3 is 2.32 bits per heavy atom. The summed E-state index contributed by atoms with van der Waals surface area (Å²) in [7, 11) is 0. The molecule has 4 nitrogen and oxygen atoms in total. The Bertz CT molecular complexity index is 1040. The van der Waals surface area contributed by atoms with Gasteiger partial charge in [-0.15, -0.1) is 11.3 Å². The summed E-state index contributed by atoms with van der Waals surface area (Å²) in [5.74, 6) is -1.15. The highest BCUT2D eigenvalue weighted by atomic mass is 32.1. The van der Waals surface area contributed by atoms with Crippen LogP contribution in [0, 0.1) is 18.6 Å². The molecular weight excluding hydrogens is 416 g/mol. The molecule has 7 heteroatoms. The maximum Gasteiger partial charge on any atom is 0.224 e. The molecule has 0 N–H and O–H groups in total. The summed E-state index contributed by atoms with van der Waals surface area (Å²) in [4.78, 5) is 21.7. The van der Waals surface area contributed by atoms with Gasteiger partial charge in [0.25, 0.3) is 0 Å². The molecule has 0 radical (unpaired) electrons. The molecule has 1 amide bonds. The molecule has 162 valence electrons. The summed E-state index contributed by atoms with van der Waals surface area (Å²) in [6, 6.07) is 13.3. The summed E-state index contributed by atoms with van der Waals surface area (Å²) in [5, 5.41) is 2.95. The maximum absolute atomic E-state index is 13.6. The monoisotopic (exact) mass is 441 g/mol. The number of aromatic nitrogens is 1. The van der Waals surface area contributed by atoms with E-state index in [9.17, 15) is 13.6 Å². The number of benzene rings is 2. The van der Waals surface area contributed by atoms with Crippen molar-refractivity contribution in [2.75, 3.05) is 18.0 Å². The van der Waals surface area contributed by atoms with E-state index in [1.165, 1.54) is 12.1 Å². The van der Waals surface area contributed by atoms with Crippen molar-refractivity contribution in [3.05, 3.63) is 81.8 Å². The van der Waals surface area contributed by atoms with E-state index in [0.29, 0.717) is 38.0 Å². The summed E-state index contributed by atoms with van der Waals surface area (Å²) in [5.41, 5.74) is 1.86. The van der Waals surface area contributed by atoms with E-state index < -0.39 is 17.2 Å². The predicted molar refractivity (Wildman–Crippen MR) is 119 cm³/mol. The van der Waals surface area contributed by atoms with Gasteiger partial charge in [0, 0.05) is 49.4 Å². The number of para-hydroxylation sites is 1. The standard InChI is InChI=1S/C24H25F2N3OS/c1-17-16-31-23(27-17)24(29(18(2)30)22-6-4-3-5-7-22)8-10-28(11-9-24)15-19-12-20(25)14-21(26)13-19/h3-7,12-14,16H,8-11,15H2,1-2H3. The number of aryl methyl sites for hydroxylation is 1. The normalized spacial score (nSPS) is 16.3. The number of likely N-dealkylation sites (tertiary alicyclic amines) is 1. The Labute approximate surface area is 185 Å². The first kappa shape index (κ1) is 21.6. The van der Waals surface area contributed by atoms with Crippen LogP contribution in [0.25, 0.3) is 0 Å². The number of halogens is 2. The Hall–Kier alpha value is -2.64. The van der Waals surface area contributed by atoms with Gasteiger partial charge in [-0.25, -0.2) is 13.8 Å². The van der Waals surface area contributed by atoms with Crippen LogP contribution in [0.4, 0.5) is 14.5 Å². The van der Waals surface area contributed by atoms with Crippen molar-refractivity contribution in [1.82, 2.24) is 9.88 Å². The predicted octanol–water partition coefficient (Wildman–Crippen LogP) is 5.27. The number of nitrogens with zero attached hydrogens (tertiary/aromatic N) is 3. The zero-order valence-electron chi connectivity index (χ0n) is 17.6. The third-order valence-corrected chi connectivity index (χ3v) is 6.94. The first-order valence-electron chi connectivity index (χ1n) is 10.3. The van der Waals surface area contributed by atoms with Crippen LogP contribution >= 0.6 is 11.3 Å². The van der Waals surface area contributed by atoms with Crippen LogP contribution in [-0.2, 0) is 16.9 Å². The highest BCUT2D eigenvalue weighted by Crippen LogP contribution is 2.43. The quantitative estimate of drug-likeness (QED) is 0.541. The van der Waals surface area contributed by atoms with Crippen molar-refractivity contribution in [3.8, 4) is 0 Å². The molecule has 1 fully saturated rings. The summed E-state index contributed by atoms with van der Waals surface area (Å²) < 4.78 is 27.2. The molecule has 31 heavy (non-hydrogen) atoms. The minimum Gasteiger partial charge on any atom is -0.300 e. The molecule has 0 atom stereocenters. The van der Waals surface area contributed by atoms with E-state index in [1.54, 1.807) is 18.3 Å². The van der Waals surface area contributed by atoms with Crippen LogP contribution in [0.15, 0.2) is 53.9 Å². The van der Waals surface area contributed by atoms with Crippen molar-refractivity contribution < 1.29 is 13.6 Å². The molecule has 1 saturated heterocycles. The SMILES string of the molecule is CC(=O)N(c1ccccc1)C1(c2nc(C)cs2)CCN(Cc2cc(F)cc(F)c2)CC1. The number of anilines is 1. The number of hydrogen-bond donors (Lipinski definition) is 0. The number of carbonyl (C=O) groups excluding carboxylic acids is 1. The third kappa shape index (κ3) is 4.52. The van der Waals surface area contributed by atoms with Gasteiger partial charge >= 0.3 is 0 Å². The average Bonchev–Trinajstić information content (AvgIpc) is 3.16. The first-order valence-corrected chi connectivity index (χ1v) is 11.2. The van der Waals surface area contributed by atoms with Gasteiger partial charge < -0.3 is 0 Å². The molecule has 0 saturated carbocycles. The maximum atomic E-state index is 13.6. The Morgan fingerprint density at radius 1 is 1.13 bits per heavy atom. The Morgan fingerprint density at radius 2 is 1.77 bits per heavy atom. The fourth-order valence-electron chi connectivity index (χ4n) is 4.45. The number of thiazole rings is 1. The molecule has 3 aromatic rings. The molecular formula is C24H25F2N3OS. The van der Waals surface area contributed by atoms with E-state index in [0.717, 1.165) is 22.5 Å². The number of piperidine rings is 1. The summed E-state index contributed by atoms with van der Waals surface area (Å²) in [6.07, 6.45) is 1.37. The van der Waals surface area contributed by atoms with Gasteiger partial charge in [-0.2, -0.15) is 0 Å². The molecule has 0 spiro atoms. The minimum atomic E-state index is -0.563. The fraction of sp³-hybridized carbons (Fsp3) is 0.333. The third-order valence-electron chi connectivity index (χ3n) is 5.79. The van der Waals surface area contributed by atoms with Crippen molar-refractivity contribution >= 4 is 22.9 Å². The lowest BCUT2D eigenvalue weighted by Gasteiger charge is -2.47. The number of amides is 1. The molecule has 1 aliphatic heterocycles. The van der Waals surface area contributed by atoms with Gasteiger partial charge in [0.2, 0.25) is 5.91 Å². The van der Waals surface area contributed by atoms with Crippen molar-refractivity contribution in [2.45, 2.75) is 38.8 Å². The zero-order valence-corrected chi connectivity index (χ0v) is 18.5. The van der Waals surface area contributed by atoms with Gasteiger partial charge in [-0.05, 0) is 49.6 Å². The van der Waals surface area contributed by atoms with Gasteiger partial charge in [0.1, 0.15) is 22.2 Å². The molecule has 2 heterocycles. The Balaban J connectivity index is 1.64.